The van der Waals surface area contributed by atoms with E-state index in [-0.39, 0.29) is 11.9 Å². The molecule has 1 fully saturated rings. The second-order valence-electron chi connectivity index (χ2n) is 3.10. The van der Waals surface area contributed by atoms with Crippen LogP contribution in [0.1, 0.15) is 0 Å². The Kier molecular flexibility index (Phi) is 2.33. The van der Waals surface area contributed by atoms with E-state index in [1.165, 1.54) is 0 Å². The van der Waals surface area contributed by atoms with Gasteiger partial charge in [-0.1, -0.05) is 0 Å². The Morgan fingerprint density at radius 2 is 1.93 bits per heavy atom. The molecule has 0 spiro atoms. The zero-order valence-corrected chi connectivity index (χ0v) is 7.19. The highest BCUT2D eigenvalue weighted by atomic mass is 19.2. The van der Waals surface area contributed by atoms with Crippen LogP contribution in [0.2, 0.25) is 0 Å². The Labute approximate surface area is 78.7 Å². The van der Waals surface area contributed by atoms with Crippen molar-refractivity contribution in [3.63, 3.8) is 0 Å². The fourth-order valence-corrected chi connectivity index (χ4v) is 1.14. The van der Waals surface area contributed by atoms with E-state index in [0.29, 0.717) is 19.2 Å². The Balaban J connectivity index is 2.22. The molecule has 1 aromatic carbocycles. The van der Waals surface area contributed by atoms with Crippen molar-refractivity contribution >= 4 is 0 Å². The molecule has 0 bridgehead atoms. The molecule has 1 aromatic rings. The second-order valence-corrected chi connectivity index (χ2v) is 3.10. The molecule has 1 aliphatic rings. The molecule has 0 saturated carbocycles. The molecule has 5 heteroatoms. The van der Waals surface area contributed by atoms with E-state index in [1.807, 2.05) is 0 Å². The third-order valence-electron chi connectivity index (χ3n) is 2.00. The molecule has 76 valence electrons. The van der Waals surface area contributed by atoms with Gasteiger partial charge < -0.3 is 10.1 Å². The molecule has 1 heterocycles. The topological polar surface area (TPSA) is 21.3 Å². The van der Waals surface area contributed by atoms with Crippen molar-refractivity contribution in [3.8, 4) is 5.75 Å². The summed E-state index contributed by atoms with van der Waals surface area (Å²) in [6, 6.07) is 1.33. The largest absolute Gasteiger partial charge is 0.484 e. The molecule has 1 aliphatic heterocycles. The molecule has 0 aliphatic carbocycles. The Hall–Kier alpha value is -1.23. The number of ether oxygens (including phenoxy) is 1. The van der Waals surface area contributed by atoms with E-state index in [2.05, 4.69) is 5.32 Å². The van der Waals surface area contributed by atoms with Gasteiger partial charge in [-0.05, 0) is 0 Å². The third kappa shape index (κ3) is 1.68. The lowest BCUT2D eigenvalue weighted by Gasteiger charge is -2.27. The Morgan fingerprint density at radius 3 is 2.50 bits per heavy atom. The Morgan fingerprint density at radius 1 is 1.21 bits per heavy atom. The van der Waals surface area contributed by atoms with Gasteiger partial charge in [0.2, 0.25) is 5.82 Å². The summed E-state index contributed by atoms with van der Waals surface area (Å²) in [6.45, 7) is 1.13. The van der Waals surface area contributed by atoms with Gasteiger partial charge in [-0.2, -0.15) is 4.39 Å². The van der Waals surface area contributed by atoms with E-state index in [1.54, 1.807) is 0 Å². The summed E-state index contributed by atoms with van der Waals surface area (Å²) in [6.07, 6.45) is -0.203. The summed E-state index contributed by atoms with van der Waals surface area (Å²) in [5, 5.41) is 2.90. The van der Waals surface area contributed by atoms with Crippen LogP contribution >= 0.6 is 0 Å². The molecule has 0 unspecified atom stereocenters. The maximum Gasteiger partial charge on any atom is 0.200 e. The first kappa shape index (κ1) is 9.33. The molecule has 2 rings (SSSR count). The van der Waals surface area contributed by atoms with Gasteiger partial charge in [0, 0.05) is 25.2 Å². The minimum absolute atomic E-state index is 0.203. The SMILES string of the molecule is Fc1cc(F)c(F)c(OC2CNC2)c1. The van der Waals surface area contributed by atoms with E-state index in [4.69, 9.17) is 4.74 Å². The molecule has 0 amide bonds. The number of hydrogen-bond donors (Lipinski definition) is 1. The van der Waals surface area contributed by atoms with Gasteiger partial charge in [0.05, 0.1) is 0 Å². The molecule has 0 atom stereocenters. The normalized spacial score (nSPS) is 16.5. The van der Waals surface area contributed by atoms with Crippen LogP contribution in [0.3, 0.4) is 0 Å². The van der Waals surface area contributed by atoms with Gasteiger partial charge in [-0.15, -0.1) is 0 Å². The second kappa shape index (κ2) is 3.49. The number of rotatable bonds is 2. The minimum atomic E-state index is -1.23. The summed E-state index contributed by atoms with van der Waals surface area (Å²) < 4.78 is 43.4. The molecule has 1 saturated heterocycles. The predicted molar refractivity (Wildman–Crippen MR) is 43.6 cm³/mol. The molecular formula is C9H8F3NO. The van der Waals surface area contributed by atoms with Crippen LogP contribution < -0.4 is 10.1 Å². The van der Waals surface area contributed by atoms with E-state index in [0.717, 1.165) is 6.07 Å². The summed E-state index contributed by atoms with van der Waals surface area (Å²) in [5.74, 6) is -3.58. The molecular weight excluding hydrogens is 195 g/mol. The van der Waals surface area contributed by atoms with Crippen molar-refractivity contribution in [1.82, 2.24) is 5.32 Å². The molecule has 1 N–H and O–H groups in total. The molecule has 0 radical (unpaired) electrons. The maximum atomic E-state index is 13.0. The monoisotopic (exact) mass is 203 g/mol. The van der Waals surface area contributed by atoms with Gasteiger partial charge in [0.25, 0.3) is 0 Å². The van der Waals surface area contributed by atoms with Crippen molar-refractivity contribution < 1.29 is 17.9 Å². The van der Waals surface area contributed by atoms with Gasteiger partial charge in [0.1, 0.15) is 11.9 Å². The number of hydrogen-bond acceptors (Lipinski definition) is 2. The van der Waals surface area contributed by atoms with Crippen molar-refractivity contribution in [2.45, 2.75) is 6.10 Å². The van der Waals surface area contributed by atoms with E-state index in [9.17, 15) is 13.2 Å². The van der Waals surface area contributed by atoms with E-state index >= 15 is 0 Å². The first-order valence-corrected chi connectivity index (χ1v) is 4.19. The van der Waals surface area contributed by atoms with Crippen LogP contribution in [-0.2, 0) is 0 Å². The summed E-state index contributed by atoms with van der Waals surface area (Å²) in [7, 11) is 0. The predicted octanol–water partition coefficient (Wildman–Crippen LogP) is 1.45. The van der Waals surface area contributed by atoms with Crippen LogP contribution in [0.5, 0.6) is 5.75 Å². The fourth-order valence-electron chi connectivity index (χ4n) is 1.14. The van der Waals surface area contributed by atoms with Crippen molar-refractivity contribution in [3.05, 3.63) is 29.6 Å². The van der Waals surface area contributed by atoms with Crippen molar-refractivity contribution in [2.75, 3.05) is 13.1 Å². The highest BCUT2D eigenvalue weighted by Gasteiger charge is 2.21. The summed E-state index contributed by atoms with van der Waals surface area (Å²) in [4.78, 5) is 0. The van der Waals surface area contributed by atoms with Gasteiger partial charge in [-0.25, -0.2) is 8.78 Å². The lowest BCUT2D eigenvalue weighted by Crippen LogP contribution is -2.50. The first-order chi connectivity index (χ1) is 6.66. The Bertz CT molecular complexity index is 352. The van der Waals surface area contributed by atoms with Crippen molar-refractivity contribution in [2.24, 2.45) is 0 Å². The smallest absolute Gasteiger partial charge is 0.200 e. The highest BCUT2D eigenvalue weighted by Crippen LogP contribution is 2.23. The highest BCUT2D eigenvalue weighted by molar-refractivity contribution is 5.26. The minimum Gasteiger partial charge on any atom is -0.484 e. The first-order valence-electron chi connectivity index (χ1n) is 4.19. The lowest BCUT2D eigenvalue weighted by molar-refractivity contribution is 0.134. The quantitative estimate of drug-likeness (QED) is 0.734. The van der Waals surface area contributed by atoms with Gasteiger partial charge >= 0.3 is 0 Å². The maximum absolute atomic E-state index is 13.0. The van der Waals surface area contributed by atoms with Crippen LogP contribution in [0.15, 0.2) is 12.1 Å². The fraction of sp³-hybridized carbons (Fsp3) is 0.333. The van der Waals surface area contributed by atoms with Crippen LogP contribution in [0, 0.1) is 17.5 Å². The van der Waals surface area contributed by atoms with E-state index < -0.39 is 17.5 Å². The average Bonchev–Trinajstić information content (AvgIpc) is 2.05. The average molecular weight is 203 g/mol. The number of benzene rings is 1. The lowest BCUT2D eigenvalue weighted by atomic mass is 10.2. The number of nitrogens with one attached hydrogen (secondary N) is 1. The van der Waals surface area contributed by atoms with Gasteiger partial charge in [-0.3, -0.25) is 0 Å². The summed E-state index contributed by atoms with van der Waals surface area (Å²) in [5.41, 5.74) is 0. The van der Waals surface area contributed by atoms with Crippen LogP contribution in [0.4, 0.5) is 13.2 Å². The summed E-state index contributed by atoms with van der Waals surface area (Å²) >= 11 is 0. The number of halogens is 3. The molecule has 0 aromatic heterocycles. The van der Waals surface area contributed by atoms with Crippen LogP contribution in [-0.4, -0.2) is 19.2 Å². The zero-order chi connectivity index (χ0) is 10.1. The third-order valence-corrected chi connectivity index (χ3v) is 2.00. The standard InChI is InChI=1S/C9H8F3NO/c10-5-1-7(11)9(12)8(2-5)14-6-3-13-4-6/h1-2,6,13H,3-4H2. The van der Waals surface area contributed by atoms with Crippen molar-refractivity contribution in [1.29, 1.82) is 0 Å². The molecule has 14 heavy (non-hydrogen) atoms. The van der Waals surface area contributed by atoms with Crippen LogP contribution in [0.25, 0.3) is 0 Å². The zero-order valence-electron chi connectivity index (χ0n) is 7.19. The molecule has 2 nitrogen and oxygen atoms in total. The van der Waals surface area contributed by atoms with Gasteiger partial charge in [0.15, 0.2) is 11.6 Å².